The minimum Gasteiger partial charge on any atom is -0.378 e. The molecule has 1 saturated heterocycles. The van der Waals surface area contributed by atoms with Crippen LogP contribution in [-0.2, 0) is 6.18 Å². The van der Waals surface area contributed by atoms with Crippen LogP contribution in [0.25, 0.3) is 0 Å². The van der Waals surface area contributed by atoms with Crippen LogP contribution in [-0.4, -0.2) is 69.6 Å². The molecule has 0 radical (unpaired) electrons. The highest BCUT2D eigenvalue weighted by molar-refractivity contribution is 5.94. The number of hydrogen-bond donors (Lipinski definition) is 1. The molecule has 168 valence electrons. The minimum atomic E-state index is -4.48. The van der Waals surface area contributed by atoms with Gasteiger partial charge in [0.25, 0.3) is 5.91 Å². The average molecular weight is 435 g/mol. The lowest BCUT2D eigenvalue weighted by Crippen LogP contribution is -2.48. The first-order valence-electron chi connectivity index (χ1n) is 10.3. The van der Waals surface area contributed by atoms with E-state index in [-0.39, 0.29) is 11.6 Å². The van der Waals surface area contributed by atoms with E-state index in [9.17, 15) is 18.0 Å². The van der Waals surface area contributed by atoms with Crippen molar-refractivity contribution < 1.29 is 18.0 Å². The minimum absolute atomic E-state index is 0.00917. The van der Waals surface area contributed by atoms with Crippen molar-refractivity contribution in [3.05, 3.63) is 65.2 Å². The van der Waals surface area contributed by atoms with Crippen LogP contribution in [0.5, 0.6) is 0 Å². The molecule has 0 bridgehead atoms. The van der Waals surface area contributed by atoms with Crippen molar-refractivity contribution in [3.8, 4) is 0 Å². The fourth-order valence-electron chi connectivity index (χ4n) is 3.71. The number of likely N-dealkylation sites (N-methyl/N-ethyl adjacent to an activating group) is 1. The smallest absolute Gasteiger partial charge is 0.378 e. The molecule has 3 rings (SSSR count). The molecule has 0 saturated carbocycles. The zero-order valence-electron chi connectivity index (χ0n) is 18.1. The summed E-state index contributed by atoms with van der Waals surface area (Å²) in [4.78, 5) is 19.2. The molecule has 1 aliphatic heterocycles. The molecule has 2 aromatic carbocycles. The van der Waals surface area contributed by atoms with E-state index in [4.69, 9.17) is 0 Å². The van der Waals surface area contributed by atoms with Gasteiger partial charge in [-0.2, -0.15) is 13.2 Å². The maximum atomic E-state index is 13.0. The Bertz CT molecular complexity index is 875. The number of benzene rings is 2. The molecule has 1 aliphatic rings. The Hall–Kier alpha value is -2.58. The highest BCUT2D eigenvalue weighted by Crippen LogP contribution is 2.29. The van der Waals surface area contributed by atoms with Crippen LogP contribution in [0, 0.1) is 0 Å². The SMILES string of the molecule is CN1CCN([C@@H](CNC(=O)c2cccc(C(F)(F)F)c2)c2ccc(N(C)C)cc2)CC1. The lowest BCUT2D eigenvalue weighted by Gasteiger charge is -2.38. The molecule has 1 atom stereocenters. The van der Waals surface area contributed by atoms with E-state index in [2.05, 4.69) is 34.3 Å². The molecule has 0 aliphatic carbocycles. The molecule has 2 aromatic rings. The van der Waals surface area contributed by atoms with Gasteiger partial charge in [0, 0.05) is 58.1 Å². The number of hydrogen-bond acceptors (Lipinski definition) is 4. The average Bonchev–Trinajstić information content (AvgIpc) is 2.74. The van der Waals surface area contributed by atoms with Crippen LogP contribution in [0.4, 0.5) is 18.9 Å². The van der Waals surface area contributed by atoms with Crippen LogP contribution in [0.3, 0.4) is 0 Å². The highest BCUT2D eigenvalue weighted by atomic mass is 19.4. The van der Waals surface area contributed by atoms with Crippen molar-refractivity contribution in [2.75, 3.05) is 58.8 Å². The van der Waals surface area contributed by atoms with E-state index >= 15 is 0 Å². The van der Waals surface area contributed by atoms with Crippen molar-refractivity contribution in [1.82, 2.24) is 15.1 Å². The second-order valence-electron chi connectivity index (χ2n) is 8.13. The summed E-state index contributed by atoms with van der Waals surface area (Å²) in [5, 5.41) is 2.85. The second-order valence-corrected chi connectivity index (χ2v) is 8.13. The van der Waals surface area contributed by atoms with Gasteiger partial charge in [-0.05, 0) is 42.9 Å². The molecule has 0 unspecified atom stereocenters. The van der Waals surface area contributed by atoms with E-state index in [1.807, 2.05) is 31.1 Å². The predicted octanol–water partition coefficient (Wildman–Crippen LogP) is 3.49. The quantitative estimate of drug-likeness (QED) is 0.756. The lowest BCUT2D eigenvalue weighted by molar-refractivity contribution is -0.137. The Kier molecular flexibility index (Phi) is 7.23. The zero-order valence-corrected chi connectivity index (χ0v) is 18.1. The van der Waals surface area contributed by atoms with Crippen molar-refractivity contribution >= 4 is 11.6 Å². The van der Waals surface area contributed by atoms with Crippen molar-refractivity contribution in [1.29, 1.82) is 0 Å². The van der Waals surface area contributed by atoms with E-state index in [1.165, 1.54) is 12.1 Å². The number of nitrogens with one attached hydrogen (secondary N) is 1. The van der Waals surface area contributed by atoms with Gasteiger partial charge in [-0.1, -0.05) is 18.2 Å². The van der Waals surface area contributed by atoms with Gasteiger partial charge in [-0.25, -0.2) is 0 Å². The monoisotopic (exact) mass is 434 g/mol. The second kappa shape index (κ2) is 9.70. The molecule has 1 heterocycles. The summed E-state index contributed by atoms with van der Waals surface area (Å²) in [6.45, 7) is 3.88. The topological polar surface area (TPSA) is 38.8 Å². The Labute approximate surface area is 181 Å². The van der Waals surface area contributed by atoms with Crippen LogP contribution < -0.4 is 10.2 Å². The lowest BCUT2D eigenvalue weighted by atomic mass is 10.0. The molecule has 1 fully saturated rings. The van der Waals surface area contributed by atoms with E-state index < -0.39 is 17.6 Å². The van der Waals surface area contributed by atoms with Crippen molar-refractivity contribution in [3.63, 3.8) is 0 Å². The molecule has 1 amide bonds. The number of amides is 1. The summed E-state index contributed by atoms with van der Waals surface area (Å²) in [5.74, 6) is -0.505. The van der Waals surface area contributed by atoms with E-state index in [1.54, 1.807) is 0 Å². The molecule has 1 N–H and O–H groups in total. The number of piperazine rings is 1. The number of carbonyl (C=O) groups excluding carboxylic acids is 1. The normalized spacial score (nSPS) is 16.7. The van der Waals surface area contributed by atoms with Crippen molar-refractivity contribution in [2.45, 2.75) is 12.2 Å². The number of anilines is 1. The molecule has 0 aromatic heterocycles. The summed E-state index contributed by atoms with van der Waals surface area (Å²) in [5.41, 5.74) is 1.33. The fraction of sp³-hybridized carbons (Fsp3) is 0.435. The van der Waals surface area contributed by atoms with Crippen molar-refractivity contribution in [2.24, 2.45) is 0 Å². The summed E-state index contributed by atoms with van der Waals surface area (Å²) >= 11 is 0. The summed E-state index contributed by atoms with van der Waals surface area (Å²) in [6.07, 6.45) is -4.48. The molecule has 5 nitrogen and oxygen atoms in total. The number of alkyl halides is 3. The van der Waals surface area contributed by atoms with E-state index in [0.717, 1.165) is 49.6 Å². The summed E-state index contributed by atoms with van der Waals surface area (Å²) in [7, 11) is 6.03. The third-order valence-corrected chi connectivity index (χ3v) is 5.68. The van der Waals surface area contributed by atoms with Gasteiger partial charge in [0.05, 0.1) is 11.6 Å². The molecule has 8 heteroatoms. The van der Waals surface area contributed by atoms with Crippen LogP contribution in [0.15, 0.2) is 48.5 Å². The van der Waals surface area contributed by atoms with Gasteiger partial charge in [0.15, 0.2) is 0 Å². The van der Waals surface area contributed by atoms with Gasteiger partial charge >= 0.3 is 6.18 Å². The Morgan fingerprint density at radius 3 is 2.29 bits per heavy atom. The maximum Gasteiger partial charge on any atom is 0.416 e. The van der Waals surface area contributed by atoms with Crippen LogP contribution in [0.2, 0.25) is 0 Å². The first-order valence-corrected chi connectivity index (χ1v) is 10.3. The van der Waals surface area contributed by atoms with E-state index in [0.29, 0.717) is 6.54 Å². The Morgan fingerprint density at radius 1 is 1.06 bits per heavy atom. The Balaban J connectivity index is 1.76. The highest BCUT2D eigenvalue weighted by Gasteiger charge is 2.31. The molecular weight excluding hydrogens is 405 g/mol. The fourth-order valence-corrected chi connectivity index (χ4v) is 3.71. The maximum absolute atomic E-state index is 13.0. The number of carbonyl (C=O) groups is 1. The summed E-state index contributed by atoms with van der Waals surface area (Å²) in [6, 6.07) is 12.6. The largest absolute Gasteiger partial charge is 0.416 e. The number of nitrogens with zero attached hydrogens (tertiary/aromatic N) is 3. The van der Waals surface area contributed by atoms with Crippen LogP contribution >= 0.6 is 0 Å². The summed E-state index contributed by atoms with van der Waals surface area (Å²) < 4.78 is 39.0. The molecule has 0 spiro atoms. The molecule has 31 heavy (non-hydrogen) atoms. The standard InChI is InChI=1S/C23H29F3N4O/c1-28(2)20-9-7-17(8-10-20)21(30-13-11-29(3)12-14-30)16-27-22(31)18-5-4-6-19(15-18)23(24,25)26/h4-10,15,21H,11-14,16H2,1-3H3,(H,27,31)/t21-/m0/s1. The predicted molar refractivity (Wildman–Crippen MR) is 116 cm³/mol. The first kappa shape index (κ1) is 23.1. The Morgan fingerprint density at radius 2 is 1.71 bits per heavy atom. The van der Waals surface area contributed by atoms with Gasteiger partial charge < -0.3 is 15.1 Å². The number of rotatable bonds is 6. The first-order chi connectivity index (χ1) is 14.6. The van der Waals surface area contributed by atoms with Gasteiger partial charge in [0.1, 0.15) is 0 Å². The third-order valence-electron chi connectivity index (χ3n) is 5.68. The third kappa shape index (κ3) is 5.98. The number of halogens is 3. The van der Waals surface area contributed by atoms with Gasteiger partial charge in [-0.3, -0.25) is 9.69 Å². The zero-order chi connectivity index (χ0) is 22.6. The molecular formula is C23H29F3N4O. The van der Waals surface area contributed by atoms with Gasteiger partial charge in [0.2, 0.25) is 0 Å². The van der Waals surface area contributed by atoms with Gasteiger partial charge in [-0.15, -0.1) is 0 Å². The van der Waals surface area contributed by atoms with Crippen LogP contribution in [0.1, 0.15) is 27.5 Å².